The standard InChI is InChI=1S/C11H22N2O2/c1-4-15-11(14)10-7-12-5-6-13(10)8-9(2)3/h9-10,12H,4-8H2,1-3H3. The number of piperazine rings is 1. The lowest BCUT2D eigenvalue weighted by molar-refractivity contribution is -0.150. The van der Waals surface area contributed by atoms with Gasteiger partial charge in [-0.05, 0) is 12.8 Å². The fourth-order valence-corrected chi connectivity index (χ4v) is 1.90. The largest absolute Gasteiger partial charge is 0.465 e. The summed E-state index contributed by atoms with van der Waals surface area (Å²) in [6.07, 6.45) is 0. The summed E-state index contributed by atoms with van der Waals surface area (Å²) in [5.41, 5.74) is 0. The first kappa shape index (κ1) is 12.5. The first-order valence-electron chi connectivity index (χ1n) is 5.76. The molecule has 1 fully saturated rings. The lowest BCUT2D eigenvalue weighted by atomic mass is 10.1. The Morgan fingerprint density at radius 2 is 2.33 bits per heavy atom. The van der Waals surface area contributed by atoms with Crippen LogP contribution in [0.3, 0.4) is 0 Å². The minimum atomic E-state index is -0.0962. The van der Waals surface area contributed by atoms with E-state index in [1.165, 1.54) is 0 Å². The molecule has 0 radical (unpaired) electrons. The molecule has 1 rings (SSSR count). The van der Waals surface area contributed by atoms with E-state index < -0.39 is 0 Å². The Morgan fingerprint density at radius 3 is 2.93 bits per heavy atom. The molecule has 1 aliphatic heterocycles. The highest BCUT2D eigenvalue weighted by molar-refractivity contribution is 5.76. The molecule has 4 nitrogen and oxygen atoms in total. The predicted octanol–water partition coefficient (Wildman–Crippen LogP) is 0.479. The maximum Gasteiger partial charge on any atom is 0.324 e. The van der Waals surface area contributed by atoms with Crippen LogP contribution in [-0.4, -0.2) is 49.7 Å². The van der Waals surface area contributed by atoms with Gasteiger partial charge in [-0.3, -0.25) is 9.69 Å². The van der Waals surface area contributed by atoms with Gasteiger partial charge in [-0.2, -0.15) is 0 Å². The Hall–Kier alpha value is -0.610. The Kier molecular flexibility index (Phi) is 5.05. The first-order valence-corrected chi connectivity index (χ1v) is 5.76. The van der Waals surface area contributed by atoms with Crippen molar-refractivity contribution in [3.8, 4) is 0 Å². The van der Waals surface area contributed by atoms with E-state index in [9.17, 15) is 4.79 Å². The highest BCUT2D eigenvalue weighted by atomic mass is 16.5. The summed E-state index contributed by atoms with van der Waals surface area (Å²) in [5, 5.41) is 3.23. The SMILES string of the molecule is CCOC(=O)C1CNCCN1CC(C)C. The van der Waals surface area contributed by atoms with Gasteiger partial charge in [-0.25, -0.2) is 0 Å². The zero-order valence-corrected chi connectivity index (χ0v) is 9.95. The molecule has 0 aliphatic carbocycles. The average Bonchev–Trinajstić information content (AvgIpc) is 2.18. The maximum atomic E-state index is 11.7. The van der Waals surface area contributed by atoms with Gasteiger partial charge in [0.25, 0.3) is 0 Å². The van der Waals surface area contributed by atoms with E-state index in [2.05, 4.69) is 24.1 Å². The molecule has 15 heavy (non-hydrogen) atoms. The van der Waals surface area contributed by atoms with Crippen LogP contribution in [0.4, 0.5) is 0 Å². The minimum absolute atomic E-state index is 0.0923. The van der Waals surface area contributed by atoms with Crippen molar-refractivity contribution in [2.75, 3.05) is 32.8 Å². The third-order valence-electron chi connectivity index (χ3n) is 2.51. The second-order valence-electron chi connectivity index (χ2n) is 4.36. The predicted molar refractivity (Wildman–Crippen MR) is 59.7 cm³/mol. The van der Waals surface area contributed by atoms with Crippen LogP contribution in [0.2, 0.25) is 0 Å². The Balaban J connectivity index is 2.52. The Morgan fingerprint density at radius 1 is 1.60 bits per heavy atom. The number of carbonyl (C=O) groups excluding carboxylic acids is 1. The summed E-state index contributed by atoms with van der Waals surface area (Å²) >= 11 is 0. The van der Waals surface area contributed by atoms with Crippen molar-refractivity contribution >= 4 is 5.97 Å². The van der Waals surface area contributed by atoms with E-state index in [0.717, 1.165) is 19.6 Å². The molecule has 0 bridgehead atoms. The quantitative estimate of drug-likeness (QED) is 0.691. The molecule has 1 atom stereocenters. The molecule has 0 spiro atoms. The summed E-state index contributed by atoms with van der Waals surface area (Å²) in [4.78, 5) is 13.9. The van der Waals surface area contributed by atoms with Crippen LogP contribution >= 0.6 is 0 Å². The summed E-state index contributed by atoms with van der Waals surface area (Å²) in [6.45, 7) is 10.2. The van der Waals surface area contributed by atoms with Crippen molar-refractivity contribution in [2.45, 2.75) is 26.8 Å². The van der Waals surface area contributed by atoms with Crippen molar-refractivity contribution in [3.05, 3.63) is 0 Å². The third-order valence-corrected chi connectivity index (χ3v) is 2.51. The normalized spacial score (nSPS) is 23.1. The third kappa shape index (κ3) is 3.80. The number of esters is 1. The van der Waals surface area contributed by atoms with Crippen LogP contribution in [0.25, 0.3) is 0 Å². The fourth-order valence-electron chi connectivity index (χ4n) is 1.90. The molecular formula is C11H22N2O2. The number of hydrogen-bond acceptors (Lipinski definition) is 4. The second-order valence-corrected chi connectivity index (χ2v) is 4.36. The molecule has 0 saturated carbocycles. The average molecular weight is 214 g/mol. The van der Waals surface area contributed by atoms with Crippen LogP contribution in [0, 0.1) is 5.92 Å². The molecule has 1 heterocycles. The minimum Gasteiger partial charge on any atom is -0.465 e. The van der Waals surface area contributed by atoms with Gasteiger partial charge in [0.2, 0.25) is 0 Å². The molecule has 0 aromatic carbocycles. The van der Waals surface area contributed by atoms with Crippen molar-refractivity contribution in [3.63, 3.8) is 0 Å². The molecule has 1 N–H and O–H groups in total. The Labute approximate surface area is 92.0 Å². The van der Waals surface area contributed by atoms with Crippen molar-refractivity contribution in [1.82, 2.24) is 10.2 Å². The molecule has 0 amide bonds. The van der Waals surface area contributed by atoms with E-state index in [-0.39, 0.29) is 12.0 Å². The van der Waals surface area contributed by atoms with E-state index in [1.54, 1.807) is 0 Å². The van der Waals surface area contributed by atoms with E-state index in [4.69, 9.17) is 4.74 Å². The second kappa shape index (κ2) is 6.08. The van der Waals surface area contributed by atoms with Crippen LogP contribution in [0.15, 0.2) is 0 Å². The van der Waals surface area contributed by atoms with Gasteiger partial charge in [0, 0.05) is 26.2 Å². The monoisotopic (exact) mass is 214 g/mol. The summed E-state index contributed by atoms with van der Waals surface area (Å²) < 4.78 is 5.07. The highest BCUT2D eigenvalue weighted by Crippen LogP contribution is 2.08. The zero-order valence-electron chi connectivity index (χ0n) is 9.95. The maximum absolute atomic E-state index is 11.7. The number of rotatable bonds is 4. The molecule has 1 unspecified atom stereocenters. The van der Waals surface area contributed by atoms with Crippen LogP contribution in [0.5, 0.6) is 0 Å². The van der Waals surface area contributed by atoms with E-state index >= 15 is 0 Å². The van der Waals surface area contributed by atoms with Gasteiger partial charge < -0.3 is 10.1 Å². The molecular weight excluding hydrogens is 192 g/mol. The zero-order chi connectivity index (χ0) is 11.3. The number of carbonyl (C=O) groups is 1. The lowest BCUT2D eigenvalue weighted by Crippen LogP contribution is -2.56. The molecule has 88 valence electrons. The molecule has 4 heteroatoms. The molecule has 0 aromatic rings. The van der Waals surface area contributed by atoms with Gasteiger partial charge in [0.05, 0.1) is 6.61 Å². The van der Waals surface area contributed by atoms with Gasteiger partial charge >= 0.3 is 5.97 Å². The number of nitrogens with zero attached hydrogens (tertiary/aromatic N) is 1. The van der Waals surface area contributed by atoms with Crippen molar-refractivity contribution in [1.29, 1.82) is 0 Å². The van der Waals surface area contributed by atoms with Crippen LogP contribution in [0.1, 0.15) is 20.8 Å². The van der Waals surface area contributed by atoms with Gasteiger partial charge in [0.15, 0.2) is 0 Å². The first-order chi connectivity index (χ1) is 7.15. The number of nitrogens with one attached hydrogen (secondary N) is 1. The van der Waals surface area contributed by atoms with Gasteiger partial charge in [-0.15, -0.1) is 0 Å². The summed E-state index contributed by atoms with van der Waals surface area (Å²) in [5.74, 6) is 0.491. The number of hydrogen-bond donors (Lipinski definition) is 1. The van der Waals surface area contributed by atoms with Crippen molar-refractivity contribution < 1.29 is 9.53 Å². The molecule has 1 saturated heterocycles. The van der Waals surface area contributed by atoms with Gasteiger partial charge in [-0.1, -0.05) is 13.8 Å². The molecule has 1 aliphatic rings. The summed E-state index contributed by atoms with van der Waals surface area (Å²) in [7, 11) is 0. The van der Waals surface area contributed by atoms with E-state index in [1.807, 2.05) is 6.92 Å². The van der Waals surface area contributed by atoms with Crippen molar-refractivity contribution in [2.24, 2.45) is 5.92 Å². The summed E-state index contributed by atoms with van der Waals surface area (Å²) in [6, 6.07) is -0.0962. The van der Waals surface area contributed by atoms with E-state index in [0.29, 0.717) is 19.1 Å². The van der Waals surface area contributed by atoms with Gasteiger partial charge in [0.1, 0.15) is 6.04 Å². The van der Waals surface area contributed by atoms with Crippen LogP contribution < -0.4 is 5.32 Å². The Bertz CT molecular complexity index is 207. The molecule has 0 aromatic heterocycles. The van der Waals surface area contributed by atoms with Crippen LogP contribution in [-0.2, 0) is 9.53 Å². The number of ether oxygens (including phenoxy) is 1. The fraction of sp³-hybridized carbons (Fsp3) is 0.909. The highest BCUT2D eigenvalue weighted by Gasteiger charge is 2.29. The lowest BCUT2D eigenvalue weighted by Gasteiger charge is -2.35. The smallest absolute Gasteiger partial charge is 0.324 e. The topological polar surface area (TPSA) is 41.6 Å².